The summed E-state index contributed by atoms with van der Waals surface area (Å²) in [7, 11) is 0. The molecule has 6 rings (SSSR count). The topological polar surface area (TPSA) is 43.9 Å². The lowest BCUT2D eigenvalue weighted by molar-refractivity contribution is 0.0414. The van der Waals surface area contributed by atoms with Crippen LogP contribution in [0.3, 0.4) is 0 Å². The molecule has 2 saturated heterocycles. The van der Waals surface area contributed by atoms with E-state index in [-0.39, 0.29) is 11.8 Å². The second kappa shape index (κ2) is 9.98. The summed E-state index contributed by atoms with van der Waals surface area (Å²) < 4.78 is 0. The van der Waals surface area contributed by atoms with Crippen LogP contribution in [0, 0.1) is 6.92 Å². The Bertz CT molecular complexity index is 1390. The highest BCUT2D eigenvalue weighted by atomic mass is 16.2. The van der Waals surface area contributed by atoms with Gasteiger partial charge >= 0.3 is 0 Å². The maximum atomic E-state index is 13.8. The second-order valence-corrected chi connectivity index (χ2v) is 10.4. The van der Waals surface area contributed by atoms with Gasteiger partial charge in [-0.15, -0.1) is 0 Å². The van der Waals surface area contributed by atoms with Crippen LogP contribution >= 0.6 is 0 Å². The molecule has 2 aliphatic heterocycles. The number of piperidine rings is 1. The van der Waals surface area contributed by atoms with Gasteiger partial charge in [0, 0.05) is 50.9 Å². The lowest BCUT2D eigenvalue weighted by Gasteiger charge is -2.43. The van der Waals surface area contributed by atoms with Crippen LogP contribution in [0.1, 0.15) is 39.1 Å². The number of fused-ring (bicyclic) bond motifs is 2. The lowest BCUT2D eigenvalue weighted by atomic mass is 9.95. The number of hydrogen-bond acceptors (Lipinski definition) is 3. The van der Waals surface area contributed by atoms with Gasteiger partial charge in [-0.2, -0.15) is 0 Å². The zero-order valence-electron chi connectivity index (χ0n) is 21.4. The number of piperazine rings is 1. The van der Waals surface area contributed by atoms with Crippen molar-refractivity contribution in [2.45, 2.75) is 25.8 Å². The highest BCUT2D eigenvalue weighted by molar-refractivity contribution is 6.18. The van der Waals surface area contributed by atoms with Gasteiger partial charge < -0.3 is 9.80 Å². The predicted molar refractivity (Wildman–Crippen MR) is 149 cm³/mol. The molecule has 0 aromatic heterocycles. The SMILES string of the molecule is Cc1ccc(C(=O)N2CCC(N3CCN(C(=O)c4c5ccccc5cc5ccccc45)CC3)CC2)cc1. The molecule has 0 spiro atoms. The van der Waals surface area contributed by atoms with E-state index in [1.165, 1.54) is 5.56 Å². The zero-order chi connectivity index (χ0) is 25.4. The highest BCUT2D eigenvalue weighted by Crippen LogP contribution is 2.30. The number of hydrogen-bond donors (Lipinski definition) is 0. The number of amides is 2. The first-order chi connectivity index (χ1) is 18.1. The quantitative estimate of drug-likeness (QED) is 0.362. The van der Waals surface area contributed by atoms with Gasteiger partial charge in [-0.05, 0) is 59.5 Å². The number of likely N-dealkylation sites (tertiary alicyclic amines) is 1. The van der Waals surface area contributed by atoms with Crippen LogP contribution in [-0.2, 0) is 0 Å². The number of carbonyl (C=O) groups excluding carboxylic acids is 2. The minimum atomic E-state index is 0.131. The Morgan fingerprint density at radius 1 is 0.649 bits per heavy atom. The van der Waals surface area contributed by atoms with Gasteiger partial charge in [0.1, 0.15) is 0 Å². The van der Waals surface area contributed by atoms with Gasteiger partial charge in [0.25, 0.3) is 11.8 Å². The predicted octanol–water partition coefficient (Wildman–Crippen LogP) is 5.36. The third-order valence-corrected chi connectivity index (χ3v) is 8.15. The van der Waals surface area contributed by atoms with E-state index in [4.69, 9.17) is 0 Å². The molecule has 2 aliphatic rings. The van der Waals surface area contributed by atoms with Crippen LogP contribution in [0.5, 0.6) is 0 Å². The third kappa shape index (κ3) is 4.60. The van der Waals surface area contributed by atoms with Gasteiger partial charge in [-0.1, -0.05) is 66.2 Å². The largest absolute Gasteiger partial charge is 0.339 e. The molecule has 5 nitrogen and oxygen atoms in total. The Morgan fingerprint density at radius 2 is 1.19 bits per heavy atom. The Morgan fingerprint density at radius 3 is 1.78 bits per heavy atom. The summed E-state index contributed by atoms with van der Waals surface area (Å²) in [6.07, 6.45) is 1.97. The van der Waals surface area contributed by atoms with E-state index in [1.54, 1.807) is 0 Å². The number of nitrogens with zero attached hydrogens (tertiary/aromatic N) is 3. The summed E-state index contributed by atoms with van der Waals surface area (Å²) in [5.74, 6) is 0.266. The second-order valence-electron chi connectivity index (χ2n) is 10.4. The summed E-state index contributed by atoms with van der Waals surface area (Å²) in [6.45, 7) is 6.85. The fourth-order valence-electron chi connectivity index (χ4n) is 6.01. The molecule has 0 aliphatic carbocycles. The Hall–Kier alpha value is -3.70. The maximum absolute atomic E-state index is 13.8. The molecule has 37 heavy (non-hydrogen) atoms. The molecule has 4 aromatic carbocycles. The molecule has 2 heterocycles. The molecule has 0 saturated carbocycles. The minimum Gasteiger partial charge on any atom is -0.339 e. The van der Waals surface area contributed by atoms with Crippen LogP contribution in [0.25, 0.3) is 21.5 Å². The van der Waals surface area contributed by atoms with E-state index in [2.05, 4.69) is 35.2 Å². The van der Waals surface area contributed by atoms with E-state index >= 15 is 0 Å². The van der Waals surface area contributed by atoms with Gasteiger partial charge in [-0.3, -0.25) is 14.5 Å². The Balaban J connectivity index is 1.11. The van der Waals surface area contributed by atoms with E-state index in [0.29, 0.717) is 6.04 Å². The molecule has 4 aromatic rings. The van der Waals surface area contributed by atoms with Crippen molar-refractivity contribution in [3.05, 3.63) is 95.6 Å². The molecule has 188 valence electrons. The number of benzene rings is 4. The van der Waals surface area contributed by atoms with Crippen molar-refractivity contribution in [1.29, 1.82) is 0 Å². The van der Waals surface area contributed by atoms with Crippen LogP contribution in [0.15, 0.2) is 78.9 Å². The summed E-state index contributed by atoms with van der Waals surface area (Å²) in [5, 5.41) is 4.27. The molecule has 2 amide bonds. The third-order valence-electron chi connectivity index (χ3n) is 8.15. The molecule has 2 fully saturated rings. The highest BCUT2D eigenvalue weighted by Gasteiger charge is 2.31. The lowest BCUT2D eigenvalue weighted by Crippen LogP contribution is -2.54. The van der Waals surface area contributed by atoms with Gasteiger partial charge in [-0.25, -0.2) is 0 Å². The zero-order valence-corrected chi connectivity index (χ0v) is 21.4. The monoisotopic (exact) mass is 491 g/mol. The molecular formula is C32H33N3O2. The Labute approximate surface area is 218 Å². The standard InChI is InChI=1S/C32H33N3O2/c1-23-10-12-24(13-11-23)31(36)34-16-14-27(15-17-34)33-18-20-35(21-19-33)32(37)30-28-8-4-2-6-25(28)22-26-7-3-5-9-29(26)30/h2-13,22,27H,14-21H2,1H3. The van der Waals surface area contributed by atoms with Crippen molar-refractivity contribution in [3.63, 3.8) is 0 Å². The molecule has 0 radical (unpaired) electrons. The first-order valence-corrected chi connectivity index (χ1v) is 13.4. The number of carbonyl (C=O) groups is 2. The maximum Gasteiger partial charge on any atom is 0.255 e. The molecule has 0 atom stereocenters. The molecular weight excluding hydrogens is 458 g/mol. The van der Waals surface area contributed by atoms with Crippen molar-refractivity contribution in [3.8, 4) is 0 Å². The fourth-order valence-corrected chi connectivity index (χ4v) is 6.01. The first-order valence-electron chi connectivity index (χ1n) is 13.4. The van der Waals surface area contributed by atoms with Crippen molar-refractivity contribution in [2.24, 2.45) is 0 Å². The van der Waals surface area contributed by atoms with Crippen molar-refractivity contribution < 1.29 is 9.59 Å². The van der Waals surface area contributed by atoms with Crippen LogP contribution < -0.4 is 0 Å². The van der Waals surface area contributed by atoms with E-state index in [0.717, 1.165) is 84.8 Å². The smallest absolute Gasteiger partial charge is 0.255 e. The van der Waals surface area contributed by atoms with Crippen LogP contribution in [-0.4, -0.2) is 71.8 Å². The van der Waals surface area contributed by atoms with Gasteiger partial charge in [0.05, 0.1) is 5.56 Å². The fraction of sp³-hybridized carbons (Fsp3) is 0.312. The number of rotatable bonds is 3. The van der Waals surface area contributed by atoms with E-state index < -0.39 is 0 Å². The molecule has 0 bridgehead atoms. The van der Waals surface area contributed by atoms with Crippen molar-refractivity contribution in [1.82, 2.24) is 14.7 Å². The van der Waals surface area contributed by atoms with E-state index in [9.17, 15) is 9.59 Å². The minimum absolute atomic E-state index is 0.131. The van der Waals surface area contributed by atoms with Crippen LogP contribution in [0.2, 0.25) is 0 Å². The molecule has 0 unspecified atom stereocenters. The van der Waals surface area contributed by atoms with Gasteiger partial charge in [0.2, 0.25) is 0 Å². The van der Waals surface area contributed by atoms with E-state index in [1.807, 2.05) is 65.3 Å². The Kier molecular flexibility index (Phi) is 6.39. The van der Waals surface area contributed by atoms with Crippen molar-refractivity contribution in [2.75, 3.05) is 39.3 Å². The summed E-state index contributed by atoms with van der Waals surface area (Å²) in [4.78, 5) is 33.3. The normalized spacial score (nSPS) is 17.4. The summed E-state index contributed by atoms with van der Waals surface area (Å²) in [6, 6.07) is 26.9. The molecule has 0 N–H and O–H groups in total. The molecule has 5 heteroatoms. The van der Waals surface area contributed by atoms with Crippen LogP contribution in [0.4, 0.5) is 0 Å². The van der Waals surface area contributed by atoms with Crippen molar-refractivity contribution >= 4 is 33.4 Å². The summed E-state index contributed by atoms with van der Waals surface area (Å²) in [5.41, 5.74) is 2.77. The van der Waals surface area contributed by atoms with Gasteiger partial charge in [0.15, 0.2) is 0 Å². The average molecular weight is 492 g/mol. The first kappa shape index (κ1) is 23.7. The number of aryl methyl sites for hydroxylation is 1. The summed E-state index contributed by atoms with van der Waals surface area (Å²) >= 11 is 0. The average Bonchev–Trinajstić information content (AvgIpc) is 2.96.